The van der Waals surface area contributed by atoms with E-state index in [2.05, 4.69) is 5.10 Å². The lowest BCUT2D eigenvalue weighted by atomic mass is 10.2. The van der Waals surface area contributed by atoms with Gasteiger partial charge in [-0.15, -0.1) is 0 Å². The third-order valence-electron chi connectivity index (χ3n) is 2.05. The van der Waals surface area contributed by atoms with Crippen molar-refractivity contribution in [3.05, 3.63) is 58.3 Å². The summed E-state index contributed by atoms with van der Waals surface area (Å²) in [5.41, 5.74) is 0.631. The molecule has 1 heterocycles. The molecule has 0 aliphatic heterocycles. The van der Waals surface area contributed by atoms with E-state index in [1.807, 2.05) is 0 Å². The average molecular weight is 204 g/mol. The quantitative estimate of drug-likeness (QED) is 0.708. The lowest BCUT2D eigenvalue weighted by molar-refractivity contribution is 0.604. The van der Waals surface area contributed by atoms with Crippen molar-refractivity contribution in [2.75, 3.05) is 0 Å². The van der Waals surface area contributed by atoms with Crippen LogP contribution in [0, 0.1) is 12.7 Å². The van der Waals surface area contributed by atoms with Gasteiger partial charge in [-0.1, -0.05) is 6.07 Å². The van der Waals surface area contributed by atoms with Crippen molar-refractivity contribution in [3.8, 4) is 5.69 Å². The highest BCUT2D eigenvalue weighted by Gasteiger charge is 2.06. The first-order chi connectivity index (χ1) is 7.18. The van der Waals surface area contributed by atoms with Crippen LogP contribution in [0.25, 0.3) is 5.69 Å². The SMILES string of the molecule is Cc1ccc(-n2ncccc2=O)c(F)c1. The highest BCUT2D eigenvalue weighted by molar-refractivity contribution is 5.35. The topological polar surface area (TPSA) is 34.9 Å². The van der Waals surface area contributed by atoms with Crippen LogP contribution in [0.2, 0.25) is 0 Å². The largest absolute Gasteiger partial charge is 0.271 e. The van der Waals surface area contributed by atoms with Crippen LogP contribution in [-0.4, -0.2) is 9.78 Å². The molecular formula is C11H9FN2O. The van der Waals surface area contributed by atoms with Crippen LogP contribution in [0.1, 0.15) is 5.56 Å². The van der Waals surface area contributed by atoms with E-state index in [1.54, 1.807) is 19.1 Å². The Hall–Kier alpha value is -1.97. The molecular weight excluding hydrogens is 195 g/mol. The van der Waals surface area contributed by atoms with E-state index in [0.29, 0.717) is 0 Å². The van der Waals surface area contributed by atoms with Crippen molar-refractivity contribution < 1.29 is 4.39 Å². The lowest BCUT2D eigenvalue weighted by Crippen LogP contribution is -2.20. The number of benzene rings is 1. The highest BCUT2D eigenvalue weighted by Crippen LogP contribution is 2.11. The van der Waals surface area contributed by atoms with E-state index in [1.165, 1.54) is 24.4 Å². The fourth-order valence-electron chi connectivity index (χ4n) is 1.32. The van der Waals surface area contributed by atoms with Crippen LogP contribution >= 0.6 is 0 Å². The second-order valence-corrected chi connectivity index (χ2v) is 3.23. The maximum Gasteiger partial charge on any atom is 0.271 e. The molecule has 1 aromatic carbocycles. The summed E-state index contributed by atoms with van der Waals surface area (Å²) in [4.78, 5) is 11.4. The Bertz CT molecular complexity index is 548. The molecule has 0 fully saturated rings. The van der Waals surface area contributed by atoms with E-state index in [0.717, 1.165) is 10.2 Å². The Balaban J connectivity index is 2.65. The van der Waals surface area contributed by atoms with E-state index in [-0.39, 0.29) is 11.2 Å². The van der Waals surface area contributed by atoms with Crippen molar-refractivity contribution in [2.45, 2.75) is 6.92 Å². The maximum absolute atomic E-state index is 13.5. The van der Waals surface area contributed by atoms with Crippen LogP contribution in [0.15, 0.2) is 41.3 Å². The van der Waals surface area contributed by atoms with Crippen molar-refractivity contribution in [1.29, 1.82) is 0 Å². The summed E-state index contributed by atoms with van der Waals surface area (Å²) in [6.45, 7) is 1.79. The first kappa shape index (κ1) is 9.58. The maximum atomic E-state index is 13.5. The Labute approximate surface area is 85.8 Å². The molecule has 0 atom stereocenters. The minimum Gasteiger partial charge on any atom is -0.267 e. The van der Waals surface area contributed by atoms with E-state index in [4.69, 9.17) is 0 Å². The zero-order valence-corrected chi connectivity index (χ0v) is 8.14. The minimum atomic E-state index is -0.448. The summed E-state index contributed by atoms with van der Waals surface area (Å²) in [5, 5.41) is 3.80. The number of aromatic nitrogens is 2. The van der Waals surface area contributed by atoms with E-state index < -0.39 is 5.82 Å². The summed E-state index contributed by atoms with van der Waals surface area (Å²) < 4.78 is 14.6. The Morgan fingerprint density at radius 2 is 2.13 bits per heavy atom. The van der Waals surface area contributed by atoms with Crippen LogP contribution in [0.4, 0.5) is 4.39 Å². The molecule has 15 heavy (non-hydrogen) atoms. The van der Waals surface area contributed by atoms with Gasteiger partial charge in [0.05, 0.1) is 0 Å². The smallest absolute Gasteiger partial charge is 0.267 e. The summed E-state index contributed by atoms with van der Waals surface area (Å²) in [6, 6.07) is 7.51. The van der Waals surface area contributed by atoms with E-state index >= 15 is 0 Å². The molecule has 0 spiro atoms. The summed E-state index contributed by atoms with van der Waals surface area (Å²) in [5.74, 6) is -0.448. The van der Waals surface area contributed by atoms with Gasteiger partial charge in [0.15, 0.2) is 0 Å². The molecule has 0 saturated carbocycles. The van der Waals surface area contributed by atoms with E-state index in [9.17, 15) is 9.18 Å². The van der Waals surface area contributed by atoms with Gasteiger partial charge in [0.25, 0.3) is 5.56 Å². The molecule has 4 heteroatoms. The normalized spacial score (nSPS) is 10.3. The molecule has 0 aliphatic carbocycles. The van der Waals surface area contributed by atoms with Gasteiger partial charge in [-0.2, -0.15) is 9.78 Å². The number of aryl methyl sites for hydroxylation is 1. The predicted octanol–water partition coefficient (Wildman–Crippen LogP) is 1.68. The second-order valence-electron chi connectivity index (χ2n) is 3.23. The number of hydrogen-bond donors (Lipinski definition) is 0. The van der Waals surface area contributed by atoms with Gasteiger partial charge in [-0.3, -0.25) is 4.79 Å². The van der Waals surface area contributed by atoms with Gasteiger partial charge in [0.2, 0.25) is 0 Å². The van der Waals surface area contributed by atoms with Gasteiger partial charge >= 0.3 is 0 Å². The number of nitrogens with zero attached hydrogens (tertiary/aromatic N) is 2. The second kappa shape index (κ2) is 3.65. The molecule has 0 N–H and O–H groups in total. The average Bonchev–Trinajstić information content (AvgIpc) is 2.20. The van der Waals surface area contributed by atoms with Gasteiger partial charge in [0, 0.05) is 12.3 Å². The summed E-state index contributed by atoms with van der Waals surface area (Å²) in [6.07, 6.45) is 1.45. The summed E-state index contributed by atoms with van der Waals surface area (Å²) >= 11 is 0. The zero-order valence-electron chi connectivity index (χ0n) is 8.14. The van der Waals surface area contributed by atoms with Crippen LogP contribution in [0.3, 0.4) is 0 Å². The molecule has 0 bridgehead atoms. The molecule has 0 aliphatic rings. The Morgan fingerprint density at radius 3 is 2.80 bits per heavy atom. The Kier molecular flexibility index (Phi) is 2.33. The molecule has 2 aromatic rings. The van der Waals surface area contributed by atoms with Crippen molar-refractivity contribution in [1.82, 2.24) is 9.78 Å². The van der Waals surface area contributed by atoms with Gasteiger partial charge in [0.1, 0.15) is 11.5 Å². The standard InChI is InChI=1S/C11H9FN2O/c1-8-4-5-10(9(12)7-8)14-11(15)3-2-6-13-14/h2-7H,1H3. The Morgan fingerprint density at radius 1 is 1.33 bits per heavy atom. The minimum absolute atomic E-state index is 0.172. The first-order valence-electron chi connectivity index (χ1n) is 4.49. The predicted molar refractivity (Wildman–Crippen MR) is 54.5 cm³/mol. The molecule has 2 rings (SSSR count). The molecule has 0 radical (unpaired) electrons. The fourth-order valence-corrected chi connectivity index (χ4v) is 1.32. The molecule has 0 saturated heterocycles. The number of halogens is 1. The van der Waals surface area contributed by atoms with Crippen molar-refractivity contribution in [3.63, 3.8) is 0 Å². The van der Waals surface area contributed by atoms with Crippen LogP contribution in [-0.2, 0) is 0 Å². The third-order valence-corrected chi connectivity index (χ3v) is 2.05. The highest BCUT2D eigenvalue weighted by atomic mass is 19.1. The monoisotopic (exact) mass is 204 g/mol. The van der Waals surface area contributed by atoms with Crippen LogP contribution in [0.5, 0.6) is 0 Å². The molecule has 76 valence electrons. The van der Waals surface area contributed by atoms with Gasteiger partial charge in [-0.25, -0.2) is 4.39 Å². The van der Waals surface area contributed by atoms with Crippen molar-refractivity contribution in [2.24, 2.45) is 0 Å². The van der Waals surface area contributed by atoms with Crippen molar-refractivity contribution >= 4 is 0 Å². The third kappa shape index (κ3) is 1.79. The first-order valence-corrected chi connectivity index (χ1v) is 4.49. The summed E-state index contributed by atoms with van der Waals surface area (Å²) in [7, 11) is 0. The lowest BCUT2D eigenvalue weighted by Gasteiger charge is -2.04. The zero-order chi connectivity index (χ0) is 10.8. The molecule has 1 aromatic heterocycles. The van der Waals surface area contributed by atoms with Gasteiger partial charge in [-0.05, 0) is 30.7 Å². The number of rotatable bonds is 1. The van der Waals surface area contributed by atoms with Crippen LogP contribution < -0.4 is 5.56 Å². The van der Waals surface area contributed by atoms with Gasteiger partial charge < -0.3 is 0 Å². The molecule has 0 unspecified atom stereocenters. The molecule has 0 amide bonds. The molecule has 3 nitrogen and oxygen atoms in total. The number of hydrogen-bond acceptors (Lipinski definition) is 2. The fraction of sp³-hybridized carbons (Fsp3) is 0.0909.